The molecular weight excluding hydrogens is 280 g/mol. The van der Waals surface area contributed by atoms with Gasteiger partial charge < -0.3 is 15.6 Å². The van der Waals surface area contributed by atoms with Gasteiger partial charge in [-0.3, -0.25) is 5.32 Å². The second-order valence-corrected chi connectivity index (χ2v) is 5.89. The van der Waals surface area contributed by atoms with E-state index in [9.17, 15) is 9.90 Å². The molecule has 6 heteroatoms. The van der Waals surface area contributed by atoms with Crippen LogP contribution in [0.15, 0.2) is 18.2 Å². The Morgan fingerprint density at radius 2 is 2.15 bits per heavy atom. The number of halogens is 1. The van der Waals surface area contributed by atoms with Gasteiger partial charge in [0.05, 0.1) is 17.3 Å². The predicted molar refractivity (Wildman–Crippen MR) is 80.2 cm³/mol. The zero-order chi connectivity index (χ0) is 15.3. The van der Waals surface area contributed by atoms with Crippen molar-refractivity contribution in [2.24, 2.45) is 5.73 Å². The van der Waals surface area contributed by atoms with Crippen LogP contribution >= 0.6 is 11.6 Å². The summed E-state index contributed by atoms with van der Waals surface area (Å²) in [7, 11) is 0. The quantitative estimate of drug-likeness (QED) is 0.798. The number of hydrogen-bond donors (Lipinski definition) is 3. The van der Waals surface area contributed by atoms with E-state index in [1.54, 1.807) is 39.0 Å². The molecule has 0 fully saturated rings. The fraction of sp³-hybridized carbons (Fsp3) is 0.500. The van der Waals surface area contributed by atoms with E-state index in [0.717, 1.165) is 5.56 Å². The van der Waals surface area contributed by atoms with Crippen LogP contribution < -0.4 is 11.1 Å². The van der Waals surface area contributed by atoms with E-state index in [0.29, 0.717) is 17.3 Å². The number of ether oxygens (including phenoxy) is 1. The van der Waals surface area contributed by atoms with E-state index in [2.05, 4.69) is 5.32 Å². The summed E-state index contributed by atoms with van der Waals surface area (Å²) < 4.78 is 5.17. The van der Waals surface area contributed by atoms with Crippen molar-refractivity contribution in [3.8, 4) is 0 Å². The molecule has 0 aliphatic rings. The maximum Gasteiger partial charge on any atom is 0.412 e. The highest BCUT2D eigenvalue weighted by molar-refractivity contribution is 6.33. The maximum atomic E-state index is 11.7. The number of carbonyl (C=O) groups is 1. The molecule has 0 saturated carbocycles. The summed E-state index contributed by atoms with van der Waals surface area (Å²) in [6.45, 7) is 5.58. The van der Waals surface area contributed by atoms with Gasteiger partial charge >= 0.3 is 6.09 Å². The van der Waals surface area contributed by atoms with Crippen LogP contribution in [0.1, 0.15) is 32.3 Å². The summed E-state index contributed by atoms with van der Waals surface area (Å²) in [5.41, 5.74) is 6.24. The minimum Gasteiger partial charge on any atom is -0.444 e. The van der Waals surface area contributed by atoms with Gasteiger partial charge in [-0.25, -0.2) is 4.79 Å². The van der Waals surface area contributed by atoms with Crippen LogP contribution in [-0.2, 0) is 4.74 Å². The molecule has 1 unspecified atom stereocenters. The topological polar surface area (TPSA) is 84.6 Å². The number of aliphatic hydroxyl groups excluding tert-OH is 1. The van der Waals surface area contributed by atoms with Gasteiger partial charge in [-0.2, -0.15) is 0 Å². The molecule has 1 aromatic carbocycles. The van der Waals surface area contributed by atoms with Crippen LogP contribution in [0.2, 0.25) is 5.02 Å². The van der Waals surface area contributed by atoms with E-state index in [1.165, 1.54) is 0 Å². The van der Waals surface area contributed by atoms with Crippen LogP contribution in [0, 0.1) is 0 Å². The largest absolute Gasteiger partial charge is 0.444 e. The Bertz CT molecular complexity index is 468. The van der Waals surface area contributed by atoms with E-state index >= 15 is 0 Å². The van der Waals surface area contributed by atoms with E-state index in [-0.39, 0.29) is 12.5 Å². The molecule has 1 rings (SSSR count). The Labute approximate surface area is 124 Å². The van der Waals surface area contributed by atoms with Crippen LogP contribution in [-0.4, -0.2) is 30.0 Å². The molecule has 0 aromatic heterocycles. The second-order valence-electron chi connectivity index (χ2n) is 5.48. The monoisotopic (exact) mass is 300 g/mol. The molecule has 1 aromatic rings. The first-order chi connectivity index (χ1) is 9.26. The smallest absolute Gasteiger partial charge is 0.412 e. The fourth-order valence-corrected chi connectivity index (χ4v) is 1.79. The molecule has 0 bridgehead atoms. The van der Waals surface area contributed by atoms with Gasteiger partial charge in [0, 0.05) is 12.5 Å². The average Bonchev–Trinajstić information content (AvgIpc) is 2.32. The Balaban J connectivity index is 2.89. The lowest BCUT2D eigenvalue weighted by molar-refractivity contribution is 0.0636. The van der Waals surface area contributed by atoms with Crippen molar-refractivity contribution in [1.82, 2.24) is 0 Å². The summed E-state index contributed by atoms with van der Waals surface area (Å²) in [5.74, 6) is -0.188. The van der Waals surface area contributed by atoms with Crippen LogP contribution in [0.3, 0.4) is 0 Å². The third kappa shape index (κ3) is 5.00. The maximum absolute atomic E-state index is 11.7. The van der Waals surface area contributed by atoms with Crippen LogP contribution in [0.4, 0.5) is 10.5 Å². The molecular formula is C14H21ClN2O3. The predicted octanol–water partition coefficient (Wildman–Crippen LogP) is 2.72. The number of carbonyl (C=O) groups excluding carboxylic acids is 1. The minimum atomic E-state index is -0.584. The summed E-state index contributed by atoms with van der Waals surface area (Å²) in [6, 6.07) is 5.12. The first kappa shape index (κ1) is 16.8. The Morgan fingerprint density at radius 3 is 2.65 bits per heavy atom. The standard InChI is InChI=1S/C14H21ClN2O3/c1-14(2,3)20-13(19)17-12-6-9(4-5-11(12)15)10(7-16)8-18/h4-6,10,18H,7-8,16H2,1-3H3,(H,17,19). The number of benzene rings is 1. The number of rotatable bonds is 4. The molecule has 1 atom stereocenters. The molecule has 0 aliphatic heterocycles. The molecule has 112 valence electrons. The minimum absolute atomic E-state index is 0.0655. The van der Waals surface area contributed by atoms with Crippen molar-refractivity contribution < 1.29 is 14.6 Å². The molecule has 0 aliphatic carbocycles. The fourth-order valence-electron chi connectivity index (χ4n) is 1.62. The van der Waals surface area contributed by atoms with Gasteiger partial charge in [0.2, 0.25) is 0 Å². The first-order valence-electron chi connectivity index (χ1n) is 6.37. The lowest BCUT2D eigenvalue weighted by Crippen LogP contribution is -2.27. The van der Waals surface area contributed by atoms with Gasteiger partial charge in [0.1, 0.15) is 5.60 Å². The molecule has 0 heterocycles. The van der Waals surface area contributed by atoms with Crippen molar-refractivity contribution in [3.63, 3.8) is 0 Å². The highest BCUT2D eigenvalue weighted by Crippen LogP contribution is 2.27. The third-order valence-corrected chi connectivity index (χ3v) is 2.93. The number of aliphatic hydroxyl groups is 1. The second kappa shape index (κ2) is 6.92. The van der Waals surface area contributed by atoms with Crippen LogP contribution in [0.25, 0.3) is 0 Å². The molecule has 20 heavy (non-hydrogen) atoms. The SMILES string of the molecule is CC(C)(C)OC(=O)Nc1cc(C(CN)CO)ccc1Cl. The highest BCUT2D eigenvalue weighted by atomic mass is 35.5. The summed E-state index contributed by atoms with van der Waals surface area (Å²) in [5, 5.41) is 12.2. The first-order valence-corrected chi connectivity index (χ1v) is 6.75. The summed E-state index contributed by atoms with van der Waals surface area (Å²) in [6.07, 6.45) is -0.579. The highest BCUT2D eigenvalue weighted by Gasteiger charge is 2.18. The van der Waals surface area contributed by atoms with Gasteiger partial charge in [-0.15, -0.1) is 0 Å². The molecule has 4 N–H and O–H groups in total. The van der Waals surface area contributed by atoms with Gasteiger partial charge in [0.25, 0.3) is 0 Å². The lowest BCUT2D eigenvalue weighted by Gasteiger charge is -2.20. The molecule has 5 nitrogen and oxygen atoms in total. The van der Waals surface area contributed by atoms with Crippen molar-refractivity contribution in [2.45, 2.75) is 32.3 Å². The van der Waals surface area contributed by atoms with Gasteiger partial charge in [0.15, 0.2) is 0 Å². The van der Waals surface area contributed by atoms with E-state index in [4.69, 9.17) is 22.1 Å². The van der Waals surface area contributed by atoms with Crippen molar-refractivity contribution >= 4 is 23.4 Å². The zero-order valence-corrected chi connectivity index (χ0v) is 12.7. The van der Waals surface area contributed by atoms with Crippen molar-refractivity contribution in [3.05, 3.63) is 28.8 Å². The summed E-state index contributed by atoms with van der Waals surface area (Å²) in [4.78, 5) is 11.7. The van der Waals surface area contributed by atoms with E-state index < -0.39 is 11.7 Å². The zero-order valence-electron chi connectivity index (χ0n) is 11.9. The number of hydrogen-bond acceptors (Lipinski definition) is 4. The number of nitrogens with one attached hydrogen (secondary N) is 1. The van der Waals surface area contributed by atoms with Gasteiger partial charge in [-0.05, 0) is 38.5 Å². The molecule has 0 radical (unpaired) electrons. The van der Waals surface area contributed by atoms with Gasteiger partial charge in [-0.1, -0.05) is 17.7 Å². The molecule has 1 amide bonds. The average molecular weight is 301 g/mol. The molecule has 0 saturated heterocycles. The van der Waals surface area contributed by atoms with Crippen LogP contribution in [0.5, 0.6) is 0 Å². The normalized spacial score (nSPS) is 12.9. The molecule has 0 spiro atoms. The Morgan fingerprint density at radius 1 is 1.50 bits per heavy atom. The van der Waals surface area contributed by atoms with Crippen molar-refractivity contribution in [1.29, 1.82) is 0 Å². The lowest BCUT2D eigenvalue weighted by atomic mass is 10.00. The number of amides is 1. The number of anilines is 1. The summed E-state index contributed by atoms with van der Waals surface area (Å²) >= 11 is 6.04. The Hall–Kier alpha value is -1.30. The van der Waals surface area contributed by atoms with E-state index in [1.807, 2.05) is 0 Å². The van der Waals surface area contributed by atoms with Crippen molar-refractivity contribution in [2.75, 3.05) is 18.5 Å². The Kier molecular flexibility index (Phi) is 5.80. The third-order valence-electron chi connectivity index (χ3n) is 2.60. The number of nitrogens with two attached hydrogens (primary N) is 1.